The molecule has 0 aromatic carbocycles. The fourth-order valence-corrected chi connectivity index (χ4v) is 2.36. The third kappa shape index (κ3) is 17.5. The van der Waals surface area contributed by atoms with Crippen molar-refractivity contribution >= 4 is 6.47 Å². The van der Waals surface area contributed by atoms with Crippen molar-refractivity contribution in [1.29, 1.82) is 0 Å². The third-order valence-corrected chi connectivity index (χ3v) is 3.59. The van der Waals surface area contributed by atoms with E-state index in [1.54, 1.807) is 0 Å². The molecule has 0 rings (SSSR count). The summed E-state index contributed by atoms with van der Waals surface area (Å²) >= 11 is 0. The number of unbranched alkanes of at least 4 members (excludes halogenated alkanes) is 10. The van der Waals surface area contributed by atoms with E-state index in [9.17, 15) is 4.79 Å². The standard InChI is InChI=1S/C17H33O2/c1-17(2)14-12-10-8-6-4-3-5-7-9-11-13-15-19-16-18/h17H,3-15H2,1-2H3. The summed E-state index contributed by atoms with van der Waals surface area (Å²) in [5.41, 5.74) is 0. The second-order valence-corrected chi connectivity index (χ2v) is 6.00. The summed E-state index contributed by atoms with van der Waals surface area (Å²) in [4.78, 5) is 9.79. The number of hydrogen-bond donors (Lipinski definition) is 0. The van der Waals surface area contributed by atoms with E-state index in [0.717, 1.165) is 12.3 Å². The first-order valence-corrected chi connectivity index (χ1v) is 8.26. The molecule has 2 nitrogen and oxygen atoms in total. The molecule has 0 saturated carbocycles. The highest BCUT2D eigenvalue weighted by Crippen LogP contribution is 2.13. The molecular formula is C17H33O2. The molecule has 19 heavy (non-hydrogen) atoms. The maximum absolute atomic E-state index is 9.79. The van der Waals surface area contributed by atoms with E-state index in [0.29, 0.717) is 6.61 Å². The van der Waals surface area contributed by atoms with Gasteiger partial charge in [0.15, 0.2) is 0 Å². The van der Waals surface area contributed by atoms with Gasteiger partial charge >= 0.3 is 6.47 Å². The van der Waals surface area contributed by atoms with Crippen LogP contribution in [0.25, 0.3) is 0 Å². The zero-order chi connectivity index (χ0) is 14.2. The average molecular weight is 269 g/mol. The summed E-state index contributed by atoms with van der Waals surface area (Å²) in [6, 6.07) is 0. The minimum Gasteiger partial charge on any atom is -0.457 e. The van der Waals surface area contributed by atoms with Gasteiger partial charge in [0.25, 0.3) is 0 Å². The highest BCUT2D eigenvalue weighted by molar-refractivity contribution is 5.37. The first-order valence-electron chi connectivity index (χ1n) is 8.26. The van der Waals surface area contributed by atoms with Crippen molar-refractivity contribution in [2.75, 3.05) is 6.61 Å². The predicted molar refractivity (Wildman–Crippen MR) is 81.9 cm³/mol. The summed E-state index contributed by atoms with van der Waals surface area (Å²) in [6.07, 6.45) is 16.0. The first kappa shape index (κ1) is 18.5. The van der Waals surface area contributed by atoms with Crippen molar-refractivity contribution in [3.8, 4) is 0 Å². The molecule has 0 N–H and O–H groups in total. The second kappa shape index (κ2) is 15.5. The molecule has 0 unspecified atom stereocenters. The van der Waals surface area contributed by atoms with Crippen molar-refractivity contribution in [3.05, 3.63) is 0 Å². The quantitative estimate of drug-likeness (QED) is 0.372. The van der Waals surface area contributed by atoms with Crippen LogP contribution in [0, 0.1) is 5.92 Å². The molecule has 0 atom stereocenters. The number of rotatable bonds is 15. The van der Waals surface area contributed by atoms with Gasteiger partial charge in [-0.25, -0.2) is 4.79 Å². The molecule has 0 fully saturated rings. The van der Waals surface area contributed by atoms with Crippen LogP contribution in [0.2, 0.25) is 0 Å². The van der Waals surface area contributed by atoms with Crippen molar-refractivity contribution in [2.24, 2.45) is 5.92 Å². The Labute approximate surface area is 120 Å². The molecule has 0 aliphatic carbocycles. The van der Waals surface area contributed by atoms with Gasteiger partial charge < -0.3 is 4.74 Å². The van der Waals surface area contributed by atoms with Gasteiger partial charge in [0.05, 0.1) is 6.61 Å². The SMILES string of the molecule is CC(C)CCCCCCCCCCCCCO[C]=O. The number of hydrogen-bond acceptors (Lipinski definition) is 2. The summed E-state index contributed by atoms with van der Waals surface area (Å²) < 4.78 is 4.53. The zero-order valence-corrected chi connectivity index (χ0v) is 13.1. The van der Waals surface area contributed by atoms with Gasteiger partial charge in [0.1, 0.15) is 0 Å². The Hall–Kier alpha value is -0.530. The Bertz CT molecular complexity index is 178. The Morgan fingerprint density at radius 1 is 0.737 bits per heavy atom. The molecule has 0 aromatic rings. The maximum Gasteiger partial charge on any atom is 0.417 e. The van der Waals surface area contributed by atoms with Crippen LogP contribution in [0.3, 0.4) is 0 Å². The van der Waals surface area contributed by atoms with Gasteiger partial charge in [-0.15, -0.1) is 0 Å². The monoisotopic (exact) mass is 269 g/mol. The molecule has 2 heteroatoms. The topological polar surface area (TPSA) is 26.3 Å². The molecule has 0 aromatic heterocycles. The highest BCUT2D eigenvalue weighted by Gasteiger charge is 1.95. The second-order valence-electron chi connectivity index (χ2n) is 6.00. The summed E-state index contributed by atoms with van der Waals surface area (Å²) in [7, 11) is 0. The molecule has 0 aliphatic heterocycles. The largest absolute Gasteiger partial charge is 0.457 e. The predicted octanol–water partition coefficient (Wildman–Crippen LogP) is 5.41. The Balaban J connectivity index is 2.93. The summed E-state index contributed by atoms with van der Waals surface area (Å²) in [5.74, 6) is 0.870. The molecule has 0 spiro atoms. The fraction of sp³-hybridized carbons (Fsp3) is 0.941. The van der Waals surface area contributed by atoms with Crippen LogP contribution in [-0.2, 0) is 9.53 Å². The van der Waals surface area contributed by atoms with Gasteiger partial charge in [-0.2, -0.15) is 0 Å². The Morgan fingerprint density at radius 2 is 1.16 bits per heavy atom. The van der Waals surface area contributed by atoms with Crippen LogP contribution in [-0.4, -0.2) is 13.1 Å². The molecule has 0 bridgehead atoms. The van der Waals surface area contributed by atoms with Crippen LogP contribution >= 0.6 is 0 Å². The van der Waals surface area contributed by atoms with Crippen molar-refractivity contribution in [3.63, 3.8) is 0 Å². The molecule has 0 amide bonds. The van der Waals surface area contributed by atoms with Gasteiger partial charge in [-0.1, -0.05) is 84.5 Å². The van der Waals surface area contributed by atoms with E-state index in [1.165, 1.54) is 77.1 Å². The highest BCUT2D eigenvalue weighted by atomic mass is 16.5. The lowest BCUT2D eigenvalue weighted by atomic mass is 10.0. The van der Waals surface area contributed by atoms with E-state index in [1.807, 2.05) is 0 Å². The van der Waals surface area contributed by atoms with Crippen LogP contribution in [0.5, 0.6) is 0 Å². The lowest BCUT2D eigenvalue weighted by molar-refractivity contribution is 0.268. The lowest BCUT2D eigenvalue weighted by Gasteiger charge is -2.04. The van der Waals surface area contributed by atoms with E-state index in [4.69, 9.17) is 0 Å². The number of ether oxygens (including phenoxy) is 1. The van der Waals surface area contributed by atoms with Gasteiger partial charge in [0, 0.05) is 0 Å². The van der Waals surface area contributed by atoms with E-state index < -0.39 is 0 Å². The van der Waals surface area contributed by atoms with E-state index >= 15 is 0 Å². The van der Waals surface area contributed by atoms with Crippen molar-refractivity contribution < 1.29 is 9.53 Å². The summed E-state index contributed by atoms with van der Waals surface area (Å²) in [5, 5.41) is 0. The minimum atomic E-state index is 0.542. The van der Waals surface area contributed by atoms with E-state index in [2.05, 4.69) is 18.6 Å². The zero-order valence-electron chi connectivity index (χ0n) is 13.1. The molecule has 0 saturated heterocycles. The molecule has 0 aliphatic rings. The fourth-order valence-electron chi connectivity index (χ4n) is 2.36. The normalized spacial score (nSPS) is 10.9. The molecule has 1 radical (unpaired) electrons. The number of carbonyl (C=O) groups excluding carboxylic acids is 1. The molecule has 0 heterocycles. The average Bonchev–Trinajstić information content (AvgIpc) is 2.39. The first-order chi connectivity index (χ1) is 9.27. The van der Waals surface area contributed by atoms with Crippen LogP contribution < -0.4 is 0 Å². The van der Waals surface area contributed by atoms with Crippen molar-refractivity contribution in [1.82, 2.24) is 0 Å². The van der Waals surface area contributed by atoms with Gasteiger partial charge in [-0.3, -0.25) is 0 Å². The maximum atomic E-state index is 9.79. The van der Waals surface area contributed by atoms with E-state index in [-0.39, 0.29) is 0 Å². The van der Waals surface area contributed by atoms with Gasteiger partial charge in [0.2, 0.25) is 0 Å². The van der Waals surface area contributed by atoms with Gasteiger partial charge in [-0.05, 0) is 12.3 Å². The third-order valence-electron chi connectivity index (χ3n) is 3.59. The molecular weight excluding hydrogens is 236 g/mol. The molecule has 113 valence electrons. The van der Waals surface area contributed by atoms with Crippen LogP contribution in [0.4, 0.5) is 0 Å². The Kier molecular flexibility index (Phi) is 15.1. The van der Waals surface area contributed by atoms with Crippen LogP contribution in [0.15, 0.2) is 0 Å². The van der Waals surface area contributed by atoms with Crippen LogP contribution in [0.1, 0.15) is 90.9 Å². The minimum absolute atomic E-state index is 0.542. The lowest BCUT2D eigenvalue weighted by Crippen LogP contribution is -1.91. The van der Waals surface area contributed by atoms with Crippen molar-refractivity contribution in [2.45, 2.75) is 90.9 Å². The summed E-state index contributed by atoms with van der Waals surface area (Å²) in [6.45, 7) is 6.62. The smallest absolute Gasteiger partial charge is 0.417 e. The Morgan fingerprint density at radius 3 is 1.58 bits per heavy atom.